The van der Waals surface area contributed by atoms with Crippen molar-refractivity contribution >= 4 is 23.5 Å². The molecule has 0 saturated heterocycles. The van der Waals surface area contributed by atoms with E-state index in [2.05, 4.69) is 6.58 Å². The average Bonchev–Trinajstić information content (AvgIpc) is 3.00. The molecule has 0 bridgehead atoms. The molecule has 0 aromatic carbocycles. The molecule has 0 heterocycles. The van der Waals surface area contributed by atoms with Gasteiger partial charge in [0.1, 0.15) is 6.17 Å². The van der Waals surface area contributed by atoms with Crippen LogP contribution in [0.15, 0.2) is 36.5 Å². The smallest absolute Gasteiger partial charge is 0.331 e. The second-order valence-corrected chi connectivity index (χ2v) is 11.0. The Labute approximate surface area is 204 Å². The molecule has 3 fully saturated rings. The minimum atomic E-state index is -1.68. The number of hydrogen-bond donors (Lipinski definition) is 1. The fourth-order valence-corrected chi connectivity index (χ4v) is 8.00. The summed E-state index contributed by atoms with van der Waals surface area (Å²) in [6, 6.07) is 0. The number of esters is 2. The summed E-state index contributed by atoms with van der Waals surface area (Å²) in [5, 5.41) is 11.6. The lowest BCUT2D eigenvalue weighted by Crippen LogP contribution is -2.65. The third-order valence-corrected chi connectivity index (χ3v) is 9.27. The summed E-state index contributed by atoms with van der Waals surface area (Å²) in [4.78, 5) is 49.6. The lowest BCUT2D eigenvalue weighted by Gasteiger charge is -2.60. The molecular weight excluding hydrogens is 455 g/mol. The Balaban J connectivity index is 1.81. The number of alkyl halides is 1. The third-order valence-electron chi connectivity index (χ3n) is 9.27. The van der Waals surface area contributed by atoms with E-state index in [0.717, 1.165) is 6.08 Å². The van der Waals surface area contributed by atoms with Gasteiger partial charge in [0.2, 0.25) is 5.78 Å². The number of aliphatic hydroxyl groups excluding tert-OH is 1. The van der Waals surface area contributed by atoms with Gasteiger partial charge in [-0.15, -0.1) is 0 Å². The van der Waals surface area contributed by atoms with E-state index in [9.17, 15) is 24.3 Å². The molecule has 1 N–H and O–H groups in total. The zero-order chi connectivity index (χ0) is 25.9. The lowest BCUT2D eigenvalue weighted by molar-refractivity contribution is -0.204. The number of ketones is 2. The molecule has 0 spiro atoms. The van der Waals surface area contributed by atoms with Gasteiger partial charge in [-0.1, -0.05) is 33.4 Å². The van der Waals surface area contributed by atoms with Crippen LogP contribution in [0.2, 0.25) is 0 Å². The number of carbonyl (C=O) groups excluding carboxylic acids is 4. The Hall–Kier alpha value is -2.61. The first-order valence-electron chi connectivity index (χ1n) is 12.1. The number of rotatable bonds is 5. The van der Waals surface area contributed by atoms with E-state index in [-0.39, 0.29) is 36.4 Å². The number of Topliss-reactive ketones (excluding diaryl/α,β-unsaturated/α-hetero) is 1. The van der Waals surface area contributed by atoms with Crippen LogP contribution in [0.5, 0.6) is 0 Å². The largest absolute Gasteiger partial charge is 0.458 e. The summed E-state index contributed by atoms with van der Waals surface area (Å²) in [5.74, 6) is -3.68. The molecule has 35 heavy (non-hydrogen) atoms. The summed E-state index contributed by atoms with van der Waals surface area (Å²) < 4.78 is 26.4. The second-order valence-electron chi connectivity index (χ2n) is 11.0. The monoisotopic (exact) mass is 488 g/mol. The normalized spacial score (nSPS) is 43.8. The Morgan fingerprint density at radius 2 is 1.97 bits per heavy atom. The first-order valence-corrected chi connectivity index (χ1v) is 12.1. The van der Waals surface area contributed by atoms with Crippen molar-refractivity contribution in [1.82, 2.24) is 0 Å². The topological polar surface area (TPSA) is 107 Å². The summed E-state index contributed by atoms with van der Waals surface area (Å²) in [7, 11) is 0. The minimum absolute atomic E-state index is 0.0981. The molecule has 9 atom stereocenters. The van der Waals surface area contributed by atoms with E-state index >= 15 is 4.39 Å². The van der Waals surface area contributed by atoms with Crippen molar-refractivity contribution in [3.63, 3.8) is 0 Å². The Bertz CT molecular complexity index is 1050. The number of ether oxygens (including phenoxy) is 2. The molecule has 8 heteroatoms. The van der Waals surface area contributed by atoms with Crippen molar-refractivity contribution in [2.24, 2.45) is 34.5 Å². The molecule has 4 aliphatic rings. The molecule has 0 amide bonds. The number of fused-ring (bicyclic) bond motifs is 5. The summed E-state index contributed by atoms with van der Waals surface area (Å²) in [5.41, 5.74) is -3.17. The standard InChI is InChI=1S/C27H33FO7/c1-6-23(33)35-27(22(32)13-34-15(3)29)14(2)9-18-17-11-20(28)19-10-16(30)7-8-25(19,4)24(17)21(31)12-26(18,27)5/h6-8,10,14,17-18,20-21,24,31H,1,9,11-13H2,2-5H3/t14-,17?,18?,20+,21?,24?,25+,26+,27+/m1/s1. The van der Waals surface area contributed by atoms with E-state index in [0.29, 0.717) is 12.0 Å². The quantitative estimate of drug-likeness (QED) is 0.468. The molecule has 0 aromatic rings. The van der Waals surface area contributed by atoms with Crippen molar-refractivity contribution in [2.45, 2.75) is 64.8 Å². The van der Waals surface area contributed by atoms with Gasteiger partial charge in [0.25, 0.3) is 0 Å². The van der Waals surface area contributed by atoms with Crippen LogP contribution in [0.1, 0.15) is 47.0 Å². The van der Waals surface area contributed by atoms with E-state index in [1.807, 2.05) is 13.8 Å². The molecule has 3 saturated carbocycles. The number of carbonyl (C=O) groups is 4. The van der Waals surface area contributed by atoms with Gasteiger partial charge in [0, 0.05) is 35.7 Å². The van der Waals surface area contributed by atoms with Gasteiger partial charge in [-0.3, -0.25) is 14.4 Å². The highest BCUT2D eigenvalue weighted by Gasteiger charge is 2.73. The van der Waals surface area contributed by atoms with Crippen molar-refractivity contribution < 1.29 is 38.1 Å². The van der Waals surface area contributed by atoms with Crippen molar-refractivity contribution in [1.29, 1.82) is 0 Å². The van der Waals surface area contributed by atoms with Crippen molar-refractivity contribution in [3.8, 4) is 0 Å². The van der Waals surface area contributed by atoms with Gasteiger partial charge in [-0.05, 0) is 48.8 Å². The SMILES string of the molecule is C=CC(=O)O[C@]1(C(=O)COC(C)=O)[C@H](C)CC2C3C[C@H](F)C4=CC(=O)C=C[C@]4(C)C3C(O)C[C@@]21C. The molecule has 7 nitrogen and oxygen atoms in total. The van der Waals surface area contributed by atoms with Gasteiger partial charge in [0.15, 0.2) is 18.0 Å². The number of aliphatic hydroxyl groups is 1. The predicted molar refractivity (Wildman–Crippen MR) is 123 cm³/mol. The summed E-state index contributed by atoms with van der Waals surface area (Å²) in [6.45, 7) is 9.54. The maximum Gasteiger partial charge on any atom is 0.331 e. The van der Waals surface area contributed by atoms with Crippen LogP contribution >= 0.6 is 0 Å². The van der Waals surface area contributed by atoms with Gasteiger partial charge >= 0.3 is 11.9 Å². The fourth-order valence-electron chi connectivity index (χ4n) is 8.00. The highest BCUT2D eigenvalue weighted by atomic mass is 19.1. The summed E-state index contributed by atoms with van der Waals surface area (Å²) in [6.07, 6.45) is 3.82. The van der Waals surface area contributed by atoms with E-state index < -0.39 is 59.0 Å². The van der Waals surface area contributed by atoms with Gasteiger partial charge in [0.05, 0.1) is 6.10 Å². The molecule has 190 valence electrons. The third kappa shape index (κ3) is 3.55. The minimum Gasteiger partial charge on any atom is -0.458 e. The molecule has 0 aliphatic heterocycles. The van der Waals surface area contributed by atoms with Gasteiger partial charge in [-0.25, -0.2) is 9.18 Å². The first-order chi connectivity index (χ1) is 16.3. The molecule has 4 rings (SSSR count). The molecule has 0 aromatic heterocycles. The highest BCUT2D eigenvalue weighted by Crippen LogP contribution is 2.69. The number of allylic oxidation sites excluding steroid dienone is 4. The molecule has 4 unspecified atom stereocenters. The van der Waals surface area contributed by atoms with Crippen LogP contribution in [0.25, 0.3) is 0 Å². The Kier molecular flexibility index (Phi) is 6.19. The highest BCUT2D eigenvalue weighted by molar-refractivity contribution is 6.01. The molecule has 4 aliphatic carbocycles. The van der Waals surface area contributed by atoms with E-state index in [1.54, 1.807) is 13.0 Å². The number of halogens is 1. The zero-order valence-electron chi connectivity index (χ0n) is 20.6. The van der Waals surface area contributed by atoms with Crippen LogP contribution in [-0.2, 0) is 28.7 Å². The lowest BCUT2D eigenvalue weighted by atomic mass is 9.46. The van der Waals surface area contributed by atoms with Crippen LogP contribution < -0.4 is 0 Å². The fraction of sp³-hybridized carbons (Fsp3) is 0.630. The first kappa shape index (κ1) is 25.5. The number of hydrogen-bond acceptors (Lipinski definition) is 7. The van der Waals surface area contributed by atoms with Gasteiger partial charge in [-0.2, -0.15) is 0 Å². The summed E-state index contributed by atoms with van der Waals surface area (Å²) >= 11 is 0. The average molecular weight is 489 g/mol. The second kappa shape index (κ2) is 8.50. The molecule has 0 radical (unpaired) electrons. The Morgan fingerprint density at radius 1 is 1.29 bits per heavy atom. The van der Waals surface area contributed by atoms with Crippen molar-refractivity contribution in [3.05, 3.63) is 36.5 Å². The maximum absolute atomic E-state index is 15.6. The van der Waals surface area contributed by atoms with E-state index in [1.165, 1.54) is 19.1 Å². The van der Waals surface area contributed by atoms with Crippen LogP contribution in [0.4, 0.5) is 4.39 Å². The van der Waals surface area contributed by atoms with E-state index in [4.69, 9.17) is 9.47 Å². The predicted octanol–water partition coefficient (Wildman–Crippen LogP) is 3.06. The van der Waals surface area contributed by atoms with Crippen LogP contribution in [0, 0.1) is 34.5 Å². The maximum atomic E-state index is 15.6. The van der Waals surface area contributed by atoms with Gasteiger partial charge < -0.3 is 14.6 Å². The molecular formula is C27H33FO7. The zero-order valence-corrected chi connectivity index (χ0v) is 20.6. The van der Waals surface area contributed by atoms with Crippen molar-refractivity contribution in [2.75, 3.05) is 6.61 Å². The Morgan fingerprint density at radius 3 is 2.60 bits per heavy atom. The van der Waals surface area contributed by atoms with Crippen LogP contribution in [0.3, 0.4) is 0 Å². The van der Waals surface area contributed by atoms with Crippen LogP contribution in [-0.4, -0.2) is 53.1 Å².